The number of anilines is 1. The van der Waals surface area contributed by atoms with E-state index < -0.39 is 39.3 Å². The zero-order chi connectivity index (χ0) is 23.0. The minimum atomic E-state index is -3.85. The molecule has 0 spiro atoms. The molecule has 1 aromatic heterocycles. The molecule has 1 saturated carbocycles. The summed E-state index contributed by atoms with van der Waals surface area (Å²) >= 11 is 0. The van der Waals surface area contributed by atoms with Crippen molar-refractivity contribution in [1.82, 2.24) is 5.32 Å². The molecule has 2 aromatic carbocycles. The normalized spacial score (nSPS) is 14.8. The lowest BCUT2D eigenvalue weighted by atomic mass is 10.1. The van der Waals surface area contributed by atoms with Gasteiger partial charge in [-0.15, -0.1) is 0 Å². The minimum Gasteiger partial charge on any atom is -0.451 e. The standard InChI is InChI=1S/C23H22F2N2O4S/c1-13(17-11-18(24)22(19(25)12-17)27-32(2,29)30)26-23(28)21-9-8-20(31-21)16-5-3-4-15(10-16)14-6-7-14/h3-5,8-14,27H,6-7H2,1-2H3,(H,26,28). The third-order valence-electron chi connectivity index (χ3n) is 5.25. The van der Waals surface area contributed by atoms with Gasteiger partial charge in [0.05, 0.1) is 12.3 Å². The van der Waals surface area contributed by atoms with Crippen LogP contribution in [0.1, 0.15) is 53.4 Å². The van der Waals surface area contributed by atoms with Gasteiger partial charge >= 0.3 is 0 Å². The van der Waals surface area contributed by atoms with Crippen molar-refractivity contribution in [3.8, 4) is 11.3 Å². The lowest BCUT2D eigenvalue weighted by Gasteiger charge is -2.15. The first-order valence-electron chi connectivity index (χ1n) is 10.1. The van der Waals surface area contributed by atoms with Crippen molar-refractivity contribution < 1.29 is 26.4 Å². The second-order valence-corrected chi connectivity index (χ2v) is 9.74. The van der Waals surface area contributed by atoms with Crippen LogP contribution in [0.5, 0.6) is 0 Å². The number of sulfonamides is 1. The SMILES string of the molecule is CC(NC(=O)c1ccc(-c2cccc(C3CC3)c2)o1)c1cc(F)c(NS(C)(=O)=O)c(F)c1. The number of furan rings is 1. The maximum Gasteiger partial charge on any atom is 0.287 e. The van der Waals surface area contributed by atoms with Gasteiger partial charge in [0.25, 0.3) is 5.91 Å². The summed E-state index contributed by atoms with van der Waals surface area (Å²) in [5.41, 5.74) is 1.49. The van der Waals surface area contributed by atoms with E-state index in [9.17, 15) is 22.0 Å². The van der Waals surface area contributed by atoms with Gasteiger partial charge in [-0.05, 0) is 67.1 Å². The largest absolute Gasteiger partial charge is 0.451 e. The lowest BCUT2D eigenvalue weighted by Crippen LogP contribution is -2.26. The Morgan fingerprint density at radius 2 is 1.78 bits per heavy atom. The van der Waals surface area contributed by atoms with Crippen LogP contribution in [0.4, 0.5) is 14.5 Å². The molecule has 1 atom stereocenters. The Morgan fingerprint density at radius 1 is 1.09 bits per heavy atom. The molecule has 0 bridgehead atoms. The van der Waals surface area contributed by atoms with Crippen molar-refractivity contribution in [2.24, 2.45) is 0 Å². The first-order valence-corrected chi connectivity index (χ1v) is 12.0. The van der Waals surface area contributed by atoms with Crippen LogP contribution in [0.3, 0.4) is 0 Å². The number of hydrogen-bond donors (Lipinski definition) is 2. The molecule has 0 radical (unpaired) electrons. The van der Waals surface area contributed by atoms with E-state index in [0.29, 0.717) is 11.7 Å². The maximum absolute atomic E-state index is 14.2. The first-order chi connectivity index (χ1) is 15.1. The fourth-order valence-corrected chi connectivity index (χ4v) is 4.02. The third kappa shape index (κ3) is 4.99. The van der Waals surface area contributed by atoms with E-state index in [1.54, 1.807) is 23.8 Å². The van der Waals surface area contributed by atoms with Crippen molar-refractivity contribution in [3.05, 3.63) is 77.1 Å². The van der Waals surface area contributed by atoms with Gasteiger partial charge in [0.2, 0.25) is 10.0 Å². The number of carbonyl (C=O) groups is 1. The number of carbonyl (C=O) groups excluding carboxylic acids is 1. The molecule has 168 valence electrons. The Kier molecular flexibility index (Phi) is 5.77. The highest BCUT2D eigenvalue weighted by Crippen LogP contribution is 2.41. The second-order valence-electron chi connectivity index (χ2n) is 7.99. The Labute approximate surface area is 184 Å². The topological polar surface area (TPSA) is 88.4 Å². The molecule has 1 fully saturated rings. The smallest absolute Gasteiger partial charge is 0.287 e. The Balaban J connectivity index is 1.48. The molecular weight excluding hydrogens is 438 g/mol. The van der Waals surface area contributed by atoms with Crippen LogP contribution in [0.2, 0.25) is 0 Å². The summed E-state index contributed by atoms with van der Waals surface area (Å²) < 4.78 is 58.6. The zero-order valence-corrected chi connectivity index (χ0v) is 18.3. The summed E-state index contributed by atoms with van der Waals surface area (Å²) in [7, 11) is -3.85. The first kappa shape index (κ1) is 22.0. The number of benzene rings is 2. The number of nitrogens with one attached hydrogen (secondary N) is 2. The summed E-state index contributed by atoms with van der Waals surface area (Å²) in [5.74, 6) is -1.49. The molecule has 9 heteroatoms. The van der Waals surface area contributed by atoms with Crippen molar-refractivity contribution in [1.29, 1.82) is 0 Å². The van der Waals surface area contributed by atoms with Gasteiger partial charge < -0.3 is 9.73 Å². The predicted octanol–water partition coefficient (Wildman–Crippen LogP) is 4.96. The molecule has 3 aromatic rings. The van der Waals surface area contributed by atoms with Gasteiger partial charge in [0, 0.05) is 5.56 Å². The summed E-state index contributed by atoms with van der Waals surface area (Å²) in [5, 5.41) is 2.63. The highest BCUT2D eigenvalue weighted by Gasteiger charge is 2.24. The van der Waals surface area contributed by atoms with E-state index >= 15 is 0 Å². The summed E-state index contributed by atoms with van der Waals surface area (Å²) in [6.07, 6.45) is 3.15. The van der Waals surface area contributed by atoms with Crippen molar-refractivity contribution in [3.63, 3.8) is 0 Å². The molecule has 0 saturated heterocycles. The van der Waals surface area contributed by atoms with Crippen LogP contribution in [0, 0.1) is 11.6 Å². The fraction of sp³-hybridized carbons (Fsp3) is 0.261. The van der Waals surface area contributed by atoms with E-state index in [1.807, 2.05) is 12.1 Å². The predicted molar refractivity (Wildman–Crippen MR) is 117 cm³/mol. The molecular formula is C23H22F2N2O4S. The molecule has 1 aliphatic rings. The molecule has 0 aliphatic heterocycles. The van der Waals surface area contributed by atoms with E-state index in [4.69, 9.17) is 4.42 Å². The third-order valence-corrected chi connectivity index (χ3v) is 5.82. The number of rotatable bonds is 7. The highest BCUT2D eigenvalue weighted by molar-refractivity contribution is 7.92. The molecule has 1 amide bonds. The van der Waals surface area contributed by atoms with Crippen molar-refractivity contribution in [2.75, 3.05) is 11.0 Å². The Morgan fingerprint density at radius 3 is 2.41 bits per heavy atom. The van der Waals surface area contributed by atoms with E-state index in [0.717, 1.165) is 24.0 Å². The quantitative estimate of drug-likeness (QED) is 0.521. The average Bonchev–Trinajstić information content (AvgIpc) is 3.46. The summed E-state index contributed by atoms with van der Waals surface area (Å²) in [6.45, 7) is 1.55. The van der Waals surface area contributed by atoms with E-state index in [-0.39, 0.29) is 11.3 Å². The molecule has 32 heavy (non-hydrogen) atoms. The number of halogens is 2. The van der Waals surface area contributed by atoms with Crippen LogP contribution in [-0.2, 0) is 10.0 Å². The Hall–Kier alpha value is -3.20. The van der Waals surface area contributed by atoms with Crippen LogP contribution in [0.25, 0.3) is 11.3 Å². The van der Waals surface area contributed by atoms with Crippen LogP contribution in [0.15, 0.2) is 52.9 Å². The van der Waals surface area contributed by atoms with Gasteiger partial charge in [-0.3, -0.25) is 9.52 Å². The molecule has 1 aliphatic carbocycles. The van der Waals surface area contributed by atoms with Gasteiger partial charge in [0.15, 0.2) is 17.4 Å². The summed E-state index contributed by atoms with van der Waals surface area (Å²) in [6, 6.07) is 12.4. The molecule has 1 unspecified atom stereocenters. The maximum atomic E-state index is 14.2. The van der Waals surface area contributed by atoms with E-state index in [2.05, 4.69) is 17.4 Å². The molecule has 1 heterocycles. The lowest BCUT2D eigenvalue weighted by molar-refractivity contribution is 0.0912. The van der Waals surface area contributed by atoms with Crippen molar-refractivity contribution >= 4 is 21.6 Å². The van der Waals surface area contributed by atoms with Gasteiger partial charge in [-0.25, -0.2) is 17.2 Å². The zero-order valence-electron chi connectivity index (χ0n) is 17.5. The molecule has 2 N–H and O–H groups in total. The monoisotopic (exact) mass is 460 g/mol. The number of hydrogen-bond acceptors (Lipinski definition) is 4. The number of amides is 1. The Bertz CT molecular complexity index is 1260. The van der Waals surface area contributed by atoms with Gasteiger partial charge in [0.1, 0.15) is 11.4 Å². The second kappa shape index (κ2) is 8.38. The van der Waals surface area contributed by atoms with Crippen molar-refractivity contribution in [2.45, 2.75) is 31.7 Å². The average molecular weight is 461 g/mol. The van der Waals surface area contributed by atoms with E-state index in [1.165, 1.54) is 18.4 Å². The minimum absolute atomic E-state index is 0.0694. The fourth-order valence-electron chi connectivity index (χ4n) is 3.45. The van der Waals surface area contributed by atoms with Gasteiger partial charge in [-0.1, -0.05) is 18.2 Å². The molecule has 6 nitrogen and oxygen atoms in total. The molecule has 4 rings (SSSR count). The summed E-state index contributed by atoms with van der Waals surface area (Å²) in [4.78, 5) is 12.6. The van der Waals surface area contributed by atoms with Crippen LogP contribution >= 0.6 is 0 Å². The van der Waals surface area contributed by atoms with Crippen LogP contribution < -0.4 is 10.0 Å². The van der Waals surface area contributed by atoms with Crippen LogP contribution in [-0.4, -0.2) is 20.6 Å². The highest BCUT2D eigenvalue weighted by atomic mass is 32.2. The van der Waals surface area contributed by atoms with Gasteiger partial charge in [-0.2, -0.15) is 0 Å².